The summed E-state index contributed by atoms with van der Waals surface area (Å²) in [5, 5.41) is 0. The third-order valence-electron chi connectivity index (χ3n) is 2.41. The highest BCUT2D eigenvalue weighted by atomic mass is 13.9. The molecule has 1 aliphatic rings. The topological polar surface area (TPSA) is 0 Å². The van der Waals surface area contributed by atoms with E-state index < -0.39 is 0 Å². The summed E-state index contributed by atoms with van der Waals surface area (Å²) in [6.07, 6.45) is 11.1. The molecule has 76 valence electrons. The molecule has 0 spiro atoms. The van der Waals surface area contributed by atoms with E-state index in [0.717, 1.165) is 6.42 Å². The molecule has 1 aromatic carbocycles. The SMILES string of the molecule is C1=CCCCC1.CCc1ccccc1. The molecular formula is C14H20. The molecule has 0 fully saturated rings. The second kappa shape index (κ2) is 7.37. The van der Waals surface area contributed by atoms with Gasteiger partial charge in [-0.3, -0.25) is 0 Å². The van der Waals surface area contributed by atoms with Crippen molar-refractivity contribution in [3.05, 3.63) is 48.0 Å². The maximum atomic E-state index is 2.27. The van der Waals surface area contributed by atoms with E-state index in [1.54, 1.807) is 0 Å². The summed E-state index contributed by atoms with van der Waals surface area (Å²) >= 11 is 0. The van der Waals surface area contributed by atoms with Crippen molar-refractivity contribution >= 4 is 0 Å². The fourth-order valence-electron chi connectivity index (χ4n) is 1.47. The zero-order valence-corrected chi connectivity index (χ0v) is 9.08. The van der Waals surface area contributed by atoms with Gasteiger partial charge in [0.2, 0.25) is 0 Å². The molecule has 0 heteroatoms. The summed E-state index contributed by atoms with van der Waals surface area (Å²) < 4.78 is 0. The Morgan fingerprint density at radius 2 is 1.50 bits per heavy atom. The lowest BCUT2D eigenvalue weighted by molar-refractivity contribution is 0.730. The maximum Gasteiger partial charge on any atom is -0.0307 e. The van der Waals surface area contributed by atoms with E-state index in [4.69, 9.17) is 0 Å². The van der Waals surface area contributed by atoms with Gasteiger partial charge in [-0.25, -0.2) is 0 Å². The van der Waals surface area contributed by atoms with E-state index in [0.29, 0.717) is 0 Å². The van der Waals surface area contributed by atoms with Crippen LogP contribution in [0.2, 0.25) is 0 Å². The first-order valence-electron chi connectivity index (χ1n) is 5.62. The largest absolute Gasteiger partial charge is 0.0885 e. The molecule has 0 N–H and O–H groups in total. The van der Waals surface area contributed by atoms with E-state index in [1.807, 2.05) is 6.07 Å². The molecule has 0 aromatic heterocycles. The molecular weight excluding hydrogens is 168 g/mol. The summed E-state index contributed by atoms with van der Waals surface area (Å²) in [6.45, 7) is 2.16. The molecule has 1 aliphatic carbocycles. The number of allylic oxidation sites excluding steroid dienone is 2. The molecule has 0 heterocycles. The number of hydrogen-bond acceptors (Lipinski definition) is 0. The second-order valence-corrected chi connectivity index (χ2v) is 3.60. The monoisotopic (exact) mass is 188 g/mol. The zero-order valence-electron chi connectivity index (χ0n) is 9.08. The molecule has 0 amide bonds. The molecule has 0 atom stereocenters. The number of rotatable bonds is 1. The molecule has 0 bridgehead atoms. The quantitative estimate of drug-likeness (QED) is 0.574. The van der Waals surface area contributed by atoms with Crippen molar-refractivity contribution in [2.45, 2.75) is 39.0 Å². The van der Waals surface area contributed by atoms with Gasteiger partial charge in [-0.05, 0) is 37.7 Å². The Bertz CT molecular complexity index is 238. The van der Waals surface area contributed by atoms with Crippen LogP contribution in [-0.4, -0.2) is 0 Å². The van der Waals surface area contributed by atoms with Gasteiger partial charge in [-0.1, -0.05) is 49.4 Å². The Kier molecular flexibility index (Phi) is 5.81. The molecule has 0 saturated heterocycles. The molecule has 2 rings (SSSR count). The van der Waals surface area contributed by atoms with Crippen molar-refractivity contribution in [2.75, 3.05) is 0 Å². The van der Waals surface area contributed by atoms with E-state index in [2.05, 4.69) is 43.3 Å². The highest BCUT2D eigenvalue weighted by Crippen LogP contribution is 2.07. The highest BCUT2D eigenvalue weighted by molar-refractivity contribution is 5.13. The Labute approximate surface area is 87.7 Å². The molecule has 0 saturated carbocycles. The summed E-state index contributed by atoms with van der Waals surface area (Å²) in [5.41, 5.74) is 1.41. The molecule has 0 radical (unpaired) electrons. The van der Waals surface area contributed by atoms with Crippen molar-refractivity contribution < 1.29 is 0 Å². The van der Waals surface area contributed by atoms with Crippen LogP contribution in [0, 0.1) is 0 Å². The minimum Gasteiger partial charge on any atom is -0.0885 e. The molecule has 0 nitrogen and oxygen atoms in total. The van der Waals surface area contributed by atoms with Gasteiger partial charge >= 0.3 is 0 Å². The standard InChI is InChI=1S/C8H10.C6H10/c1-2-8-6-4-3-5-7-8;1-2-4-6-5-3-1/h3-7H,2H2,1H3;1-2H,3-6H2. The lowest BCUT2D eigenvalue weighted by atomic mass is 10.1. The molecule has 0 aliphatic heterocycles. The maximum absolute atomic E-state index is 2.27. The predicted molar refractivity (Wildman–Crippen MR) is 63.4 cm³/mol. The van der Waals surface area contributed by atoms with Crippen LogP contribution in [0.25, 0.3) is 0 Å². The molecule has 0 unspecified atom stereocenters. The average Bonchev–Trinajstić information content (AvgIpc) is 2.33. The summed E-state index contributed by atoms with van der Waals surface area (Å²) in [7, 11) is 0. The number of aryl methyl sites for hydroxylation is 1. The van der Waals surface area contributed by atoms with Crippen molar-refractivity contribution in [3.8, 4) is 0 Å². The van der Waals surface area contributed by atoms with E-state index >= 15 is 0 Å². The second-order valence-electron chi connectivity index (χ2n) is 3.60. The summed E-state index contributed by atoms with van der Waals surface area (Å²) in [4.78, 5) is 0. The fraction of sp³-hybridized carbons (Fsp3) is 0.429. The third kappa shape index (κ3) is 4.86. The third-order valence-corrected chi connectivity index (χ3v) is 2.41. The van der Waals surface area contributed by atoms with E-state index in [-0.39, 0.29) is 0 Å². The van der Waals surface area contributed by atoms with Gasteiger partial charge in [0.25, 0.3) is 0 Å². The van der Waals surface area contributed by atoms with Crippen molar-refractivity contribution in [1.29, 1.82) is 0 Å². The van der Waals surface area contributed by atoms with Gasteiger partial charge in [0.1, 0.15) is 0 Å². The highest BCUT2D eigenvalue weighted by Gasteiger charge is 1.87. The zero-order chi connectivity index (χ0) is 10.1. The minimum atomic E-state index is 1.14. The van der Waals surface area contributed by atoms with Gasteiger partial charge in [-0.2, -0.15) is 0 Å². The van der Waals surface area contributed by atoms with E-state index in [1.165, 1.54) is 31.2 Å². The Morgan fingerprint density at radius 1 is 0.929 bits per heavy atom. The van der Waals surface area contributed by atoms with Crippen LogP contribution in [0.4, 0.5) is 0 Å². The van der Waals surface area contributed by atoms with Gasteiger partial charge in [0.05, 0.1) is 0 Å². The summed E-state index contributed by atoms with van der Waals surface area (Å²) in [6, 6.07) is 10.5. The van der Waals surface area contributed by atoms with Crippen molar-refractivity contribution in [3.63, 3.8) is 0 Å². The van der Waals surface area contributed by atoms with Gasteiger partial charge in [-0.15, -0.1) is 0 Å². The van der Waals surface area contributed by atoms with Crippen LogP contribution in [-0.2, 0) is 6.42 Å². The molecule has 1 aromatic rings. The predicted octanol–water partition coefficient (Wildman–Crippen LogP) is 4.37. The van der Waals surface area contributed by atoms with E-state index in [9.17, 15) is 0 Å². The number of benzene rings is 1. The molecule has 14 heavy (non-hydrogen) atoms. The van der Waals surface area contributed by atoms with Crippen molar-refractivity contribution in [1.82, 2.24) is 0 Å². The van der Waals surface area contributed by atoms with Crippen LogP contribution in [0.5, 0.6) is 0 Å². The Balaban J connectivity index is 0.000000146. The van der Waals surface area contributed by atoms with Crippen LogP contribution in [0.15, 0.2) is 42.5 Å². The Morgan fingerprint density at radius 3 is 1.79 bits per heavy atom. The van der Waals surface area contributed by atoms with Gasteiger partial charge in [0, 0.05) is 0 Å². The van der Waals surface area contributed by atoms with Gasteiger partial charge < -0.3 is 0 Å². The first-order chi connectivity index (χ1) is 6.93. The smallest absolute Gasteiger partial charge is 0.0307 e. The first kappa shape index (κ1) is 11.0. The van der Waals surface area contributed by atoms with Crippen LogP contribution >= 0.6 is 0 Å². The first-order valence-corrected chi connectivity index (χ1v) is 5.62. The normalized spacial score (nSPS) is 14.4. The van der Waals surface area contributed by atoms with Crippen LogP contribution in [0.1, 0.15) is 38.2 Å². The van der Waals surface area contributed by atoms with Crippen molar-refractivity contribution in [2.24, 2.45) is 0 Å². The Hall–Kier alpha value is -1.04. The number of hydrogen-bond donors (Lipinski definition) is 0. The van der Waals surface area contributed by atoms with Crippen LogP contribution < -0.4 is 0 Å². The average molecular weight is 188 g/mol. The fourth-order valence-corrected chi connectivity index (χ4v) is 1.47. The lowest BCUT2D eigenvalue weighted by Crippen LogP contribution is -1.77. The van der Waals surface area contributed by atoms with Gasteiger partial charge in [0.15, 0.2) is 0 Å². The lowest BCUT2D eigenvalue weighted by Gasteiger charge is -1.97. The summed E-state index contributed by atoms with van der Waals surface area (Å²) in [5.74, 6) is 0. The van der Waals surface area contributed by atoms with Crippen LogP contribution in [0.3, 0.4) is 0 Å². The minimum absolute atomic E-state index is 1.14.